The molecule has 2 fully saturated rings. The molecule has 2 aromatic rings. The zero-order valence-electron chi connectivity index (χ0n) is 13.4. The number of nitrogens with zero attached hydrogens (tertiary/aromatic N) is 2. The van der Waals surface area contributed by atoms with Crippen molar-refractivity contribution < 1.29 is 9.90 Å². The summed E-state index contributed by atoms with van der Waals surface area (Å²) in [6.45, 7) is 3.01. The number of aromatic nitrogens is 1. The molecule has 1 saturated heterocycles. The predicted molar refractivity (Wildman–Crippen MR) is 89.1 cm³/mol. The summed E-state index contributed by atoms with van der Waals surface area (Å²) >= 11 is 0. The van der Waals surface area contributed by atoms with Crippen molar-refractivity contribution in [2.75, 3.05) is 6.54 Å². The minimum atomic E-state index is -0.210. The number of carbonyl (C=O) groups excluding carboxylic acids is 1. The number of likely N-dealkylation sites (tertiary alicyclic amines) is 1. The van der Waals surface area contributed by atoms with Crippen molar-refractivity contribution >= 4 is 16.8 Å². The number of amides is 1. The molecule has 1 aromatic heterocycles. The van der Waals surface area contributed by atoms with Crippen LogP contribution in [0.4, 0.5) is 0 Å². The van der Waals surface area contributed by atoms with Crippen LogP contribution in [0.15, 0.2) is 36.5 Å². The second kappa shape index (κ2) is 5.31. The minimum Gasteiger partial charge on any atom is -0.393 e. The van der Waals surface area contributed by atoms with Crippen molar-refractivity contribution in [3.63, 3.8) is 0 Å². The van der Waals surface area contributed by atoms with Gasteiger partial charge in [-0.25, -0.2) is 0 Å². The summed E-state index contributed by atoms with van der Waals surface area (Å²) < 4.78 is 0. The van der Waals surface area contributed by atoms with Crippen LogP contribution in [0.2, 0.25) is 0 Å². The number of fused-ring (bicyclic) bond motifs is 2. The van der Waals surface area contributed by atoms with Gasteiger partial charge in [0.05, 0.1) is 11.6 Å². The molecule has 23 heavy (non-hydrogen) atoms. The van der Waals surface area contributed by atoms with Gasteiger partial charge in [-0.15, -0.1) is 0 Å². The molecule has 1 aliphatic carbocycles. The first-order valence-corrected chi connectivity index (χ1v) is 8.41. The first-order chi connectivity index (χ1) is 11.1. The lowest BCUT2D eigenvalue weighted by molar-refractivity contribution is 0.0211. The number of aliphatic hydroxyl groups is 1. The molecule has 2 heterocycles. The van der Waals surface area contributed by atoms with Gasteiger partial charge in [0.2, 0.25) is 0 Å². The van der Waals surface area contributed by atoms with Crippen molar-refractivity contribution in [2.45, 2.75) is 44.8 Å². The minimum absolute atomic E-state index is 0.0612. The molecule has 4 heteroatoms. The van der Waals surface area contributed by atoms with E-state index in [0.29, 0.717) is 0 Å². The van der Waals surface area contributed by atoms with E-state index in [9.17, 15) is 9.90 Å². The molecule has 120 valence electrons. The smallest absolute Gasteiger partial charge is 0.254 e. The van der Waals surface area contributed by atoms with Crippen LogP contribution in [0, 0.1) is 5.41 Å². The molecule has 1 saturated carbocycles. The summed E-state index contributed by atoms with van der Waals surface area (Å²) in [4.78, 5) is 19.4. The summed E-state index contributed by atoms with van der Waals surface area (Å²) in [7, 11) is 0. The van der Waals surface area contributed by atoms with Gasteiger partial charge in [0.1, 0.15) is 0 Å². The van der Waals surface area contributed by atoms with E-state index < -0.39 is 0 Å². The zero-order valence-corrected chi connectivity index (χ0v) is 13.4. The highest BCUT2D eigenvalue weighted by molar-refractivity contribution is 5.98. The van der Waals surface area contributed by atoms with Crippen LogP contribution in [0.1, 0.15) is 43.0 Å². The number of hydrogen-bond acceptors (Lipinski definition) is 3. The summed E-state index contributed by atoms with van der Waals surface area (Å²) in [5.41, 5.74) is 1.71. The van der Waals surface area contributed by atoms with Crippen molar-refractivity contribution in [1.29, 1.82) is 0 Å². The summed E-state index contributed by atoms with van der Waals surface area (Å²) in [5, 5.41) is 11.0. The molecule has 0 spiro atoms. The molecule has 1 aromatic carbocycles. The highest BCUT2D eigenvalue weighted by Crippen LogP contribution is 2.47. The standard InChI is InChI=1S/C19H22N2O2/c1-19-8-10-21(17(19)7-5-15(22)12-19)18(23)14-4-6-16-13(11-14)3-2-9-20-16/h2-4,6,9,11,15,17,22H,5,7-8,10,12H2,1H3/t15-,17-,19+/m1/s1. The van der Waals surface area contributed by atoms with E-state index >= 15 is 0 Å². The Labute approximate surface area is 136 Å². The lowest BCUT2D eigenvalue weighted by Crippen LogP contribution is -2.46. The van der Waals surface area contributed by atoms with Crippen LogP contribution < -0.4 is 0 Å². The quantitative estimate of drug-likeness (QED) is 0.881. The third-order valence-electron chi connectivity index (χ3n) is 5.69. The van der Waals surface area contributed by atoms with E-state index in [1.807, 2.05) is 35.2 Å². The largest absolute Gasteiger partial charge is 0.393 e. The SMILES string of the molecule is C[C@@]12CCN(C(=O)c3ccc4ncccc4c3)[C@@H]1CC[C@@H](O)C2. The van der Waals surface area contributed by atoms with Crippen LogP contribution >= 0.6 is 0 Å². The van der Waals surface area contributed by atoms with Crippen LogP contribution in [0.5, 0.6) is 0 Å². The van der Waals surface area contributed by atoms with E-state index in [2.05, 4.69) is 11.9 Å². The average Bonchev–Trinajstić information content (AvgIpc) is 2.89. The third-order valence-corrected chi connectivity index (χ3v) is 5.69. The Balaban J connectivity index is 1.63. The van der Waals surface area contributed by atoms with Gasteiger partial charge in [0.15, 0.2) is 0 Å². The number of carbonyl (C=O) groups is 1. The average molecular weight is 310 g/mol. The molecule has 3 atom stereocenters. The van der Waals surface area contributed by atoms with Gasteiger partial charge in [-0.1, -0.05) is 13.0 Å². The third kappa shape index (κ3) is 2.41. The topological polar surface area (TPSA) is 53.4 Å². The molecular formula is C19H22N2O2. The maximum absolute atomic E-state index is 13.0. The molecule has 0 unspecified atom stereocenters. The normalized spacial score (nSPS) is 30.4. The van der Waals surface area contributed by atoms with Gasteiger partial charge in [-0.05, 0) is 55.4 Å². The maximum atomic E-state index is 13.0. The molecule has 1 aliphatic heterocycles. The Morgan fingerprint density at radius 1 is 1.35 bits per heavy atom. The summed E-state index contributed by atoms with van der Waals surface area (Å²) in [5.74, 6) is 0.112. The number of pyridine rings is 1. The predicted octanol–water partition coefficient (Wildman–Crippen LogP) is 3.00. The molecule has 0 bridgehead atoms. The van der Waals surface area contributed by atoms with Crippen LogP contribution in [0.3, 0.4) is 0 Å². The molecule has 1 amide bonds. The molecule has 2 aliphatic rings. The molecule has 1 N–H and O–H groups in total. The van der Waals surface area contributed by atoms with Crippen LogP contribution in [0.25, 0.3) is 10.9 Å². The number of benzene rings is 1. The zero-order chi connectivity index (χ0) is 16.0. The van der Waals surface area contributed by atoms with Gasteiger partial charge in [-0.2, -0.15) is 0 Å². The van der Waals surface area contributed by atoms with Gasteiger partial charge in [0.25, 0.3) is 5.91 Å². The fourth-order valence-electron chi connectivity index (χ4n) is 4.43. The van der Waals surface area contributed by atoms with Gasteiger partial charge in [-0.3, -0.25) is 9.78 Å². The molecule has 0 radical (unpaired) electrons. The highest BCUT2D eigenvalue weighted by Gasteiger charge is 2.48. The molecule has 4 rings (SSSR count). The Kier molecular flexibility index (Phi) is 3.38. The van der Waals surface area contributed by atoms with E-state index in [-0.39, 0.29) is 23.5 Å². The Hall–Kier alpha value is -1.94. The lowest BCUT2D eigenvalue weighted by atomic mass is 9.71. The van der Waals surface area contributed by atoms with E-state index in [4.69, 9.17) is 0 Å². The first kappa shape index (κ1) is 14.6. The van der Waals surface area contributed by atoms with Crippen LogP contribution in [-0.4, -0.2) is 39.6 Å². The van der Waals surface area contributed by atoms with E-state index in [0.717, 1.165) is 48.7 Å². The van der Waals surface area contributed by atoms with E-state index in [1.165, 1.54) is 0 Å². The summed E-state index contributed by atoms with van der Waals surface area (Å²) in [6, 6.07) is 9.88. The van der Waals surface area contributed by atoms with Gasteiger partial charge >= 0.3 is 0 Å². The Morgan fingerprint density at radius 3 is 3.09 bits per heavy atom. The monoisotopic (exact) mass is 310 g/mol. The van der Waals surface area contributed by atoms with Crippen molar-refractivity contribution in [1.82, 2.24) is 9.88 Å². The van der Waals surface area contributed by atoms with Crippen molar-refractivity contribution in [3.05, 3.63) is 42.1 Å². The van der Waals surface area contributed by atoms with Gasteiger partial charge < -0.3 is 10.0 Å². The molecular weight excluding hydrogens is 288 g/mol. The second-order valence-electron chi connectivity index (χ2n) is 7.26. The second-order valence-corrected chi connectivity index (χ2v) is 7.26. The van der Waals surface area contributed by atoms with Crippen molar-refractivity contribution in [2.24, 2.45) is 5.41 Å². The maximum Gasteiger partial charge on any atom is 0.254 e. The Morgan fingerprint density at radius 2 is 2.22 bits per heavy atom. The number of aliphatic hydroxyl groups excluding tert-OH is 1. The molecule has 4 nitrogen and oxygen atoms in total. The highest BCUT2D eigenvalue weighted by atomic mass is 16.3. The lowest BCUT2D eigenvalue weighted by Gasteiger charge is -2.41. The van der Waals surface area contributed by atoms with Crippen LogP contribution in [-0.2, 0) is 0 Å². The van der Waals surface area contributed by atoms with Crippen molar-refractivity contribution in [3.8, 4) is 0 Å². The fourth-order valence-corrected chi connectivity index (χ4v) is 4.43. The Bertz CT molecular complexity index is 760. The first-order valence-electron chi connectivity index (χ1n) is 8.41. The van der Waals surface area contributed by atoms with E-state index in [1.54, 1.807) is 6.20 Å². The summed E-state index contributed by atoms with van der Waals surface area (Å²) in [6.07, 6.45) is 5.05. The number of hydrogen-bond donors (Lipinski definition) is 1. The van der Waals surface area contributed by atoms with Gasteiger partial charge in [0, 0.05) is 29.7 Å². The fraction of sp³-hybridized carbons (Fsp3) is 0.474. The number of rotatable bonds is 1.